The van der Waals surface area contributed by atoms with Crippen LogP contribution >= 0.6 is 0 Å². The third-order valence-corrected chi connectivity index (χ3v) is 5.08. The van der Waals surface area contributed by atoms with Crippen molar-refractivity contribution in [1.82, 2.24) is 10.2 Å². The maximum Gasteiger partial charge on any atom is 0.0113 e. The lowest BCUT2D eigenvalue weighted by Crippen LogP contribution is -2.49. The number of rotatable bonds is 9. The van der Waals surface area contributed by atoms with Gasteiger partial charge in [0, 0.05) is 12.6 Å². The number of unbranched alkanes of at least 4 members (excludes halogenated alkanes) is 1. The van der Waals surface area contributed by atoms with Gasteiger partial charge in [-0.3, -0.25) is 0 Å². The Hall–Kier alpha value is -0.0800. The van der Waals surface area contributed by atoms with E-state index in [-0.39, 0.29) is 0 Å². The van der Waals surface area contributed by atoms with Crippen LogP contribution < -0.4 is 5.32 Å². The normalized spacial score (nSPS) is 30.9. The molecule has 1 saturated carbocycles. The van der Waals surface area contributed by atoms with Crippen molar-refractivity contribution in [3.05, 3.63) is 0 Å². The maximum atomic E-state index is 3.84. The van der Waals surface area contributed by atoms with Crippen LogP contribution in [0.2, 0.25) is 0 Å². The van der Waals surface area contributed by atoms with E-state index in [1.165, 1.54) is 58.3 Å². The van der Waals surface area contributed by atoms with Crippen LogP contribution in [0.3, 0.4) is 0 Å². The second-order valence-corrected chi connectivity index (χ2v) is 7.03. The molecule has 1 aliphatic carbocycles. The lowest BCUT2D eigenvalue weighted by Gasteiger charge is -2.42. The van der Waals surface area contributed by atoms with Crippen molar-refractivity contribution in [2.45, 2.75) is 72.8 Å². The number of nitrogens with one attached hydrogen (secondary N) is 1. The third kappa shape index (κ3) is 5.73. The molecular formula is C18H38N2. The summed E-state index contributed by atoms with van der Waals surface area (Å²) < 4.78 is 0. The first-order chi connectivity index (χ1) is 9.62. The van der Waals surface area contributed by atoms with Crippen molar-refractivity contribution >= 4 is 0 Å². The summed E-state index contributed by atoms with van der Waals surface area (Å²) in [7, 11) is 0. The van der Waals surface area contributed by atoms with Gasteiger partial charge in [0.05, 0.1) is 0 Å². The van der Waals surface area contributed by atoms with Gasteiger partial charge < -0.3 is 10.2 Å². The Bertz CT molecular complexity index is 242. The summed E-state index contributed by atoms with van der Waals surface area (Å²) in [6.45, 7) is 16.8. The van der Waals surface area contributed by atoms with Gasteiger partial charge in [0.25, 0.3) is 0 Å². The molecule has 0 radical (unpaired) electrons. The summed E-state index contributed by atoms with van der Waals surface area (Å²) in [5, 5.41) is 3.84. The van der Waals surface area contributed by atoms with Crippen LogP contribution in [-0.2, 0) is 0 Å². The predicted molar refractivity (Wildman–Crippen MR) is 90.2 cm³/mol. The largest absolute Gasteiger partial charge is 0.314 e. The molecule has 0 aromatic rings. The van der Waals surface area contributed by atoms with E-state index in [0.29, 0.717) is 0 Å². The van der Waals surface area contributed by atoms with E-state index in [0.717, 1.165) is 23.8 Å². The molecule has 0 amide bonds. The Labute approximate surface area is 127 Å². The van der Waals surface area contributed by atoms with E-state index in [9.17, 15) is 0 Å². The number of nitrogens with zero attached hydrogens (tertiary/aromatic N) is 1. The topological polar surface area (TPSA) is 15.3 Å². The molecule has 120 valence electrons. The first-order valence-corrected chi connectivity index (χ1v) is 9.07. The first kappa shape index (κ1) is 18.0. The molecule has 20 heavy (non-hydrogen) atoms. The zero-order chi connectivity index (χ0) is 15.0. The zero-order valence-electron chi connectivity index (χ0n) is 14.6. The molecule has 2 heteroatoms. The van der Waals surface area contributed by atoms with E-state index in [1.807, 2.05) is 0 Å². The zero-order valence-corrected chi connectivity index (χ0v) is 14.6. The summed E-state index contributed by atoms with van der Waals surface area (Å²) in [4.78, 5) is 2.68. The van der Waals surface area contributed by atoms with E-state index >= 15 is 0 Å². The first-order valence-electron chi connectivity index (χ1n) is 9.07. The van der Waals surface area contributed by atoms with Crippen molar-refractivity contribution < 1.29 is 0 Å². The lowest BCUT2D eigenvalue weighted by atomic mass is 9.72. The molecule has 0 aromatic carbocycles. The minimum absolute atomic E-state index is 0.740. The molecule has 4 unspecified atom stereocenters. The van der Waals surface area contributed by atoms with E-state index in [2.05, 4.69) is 44.8 Å². The van der Waals surface area contributed by atoms with Crippen LogP contribution in [0.1, 0.15) is 66.7 Å². The van der Waals surface area contributed by atoms with E-state index < -0.39 is 0 Å². The highest BCUT2D eigenvalue weighted by Crippen LogP contribution is 2.34. The Morgan fingerprint density at radius 1 is 1.05 bits per heavy atom. The smallest absolute Gasteiger partial charge is 0.0113 e. The van der Waals surface area contributed by atoms with Gasteiger partial charge in [-0.05, 0) is 63.1 Å². The molecule has 1 N–H and O–H groups in total. The van der Waals surface area contributed by atoms with Gasteiger partial charge in [-0.15, -0.1) is 0 Å². The van der Waals surface area contributed by atoms with Crippen LogP contribution in [0.4, 0.5) is 0 Å². The summed E-state index contributed by atoms with van der Waals surface area (Å²) in [6, 6.07) is 0.740. The molecule has 0 spiro atoms. The third-order valence-electron chi connectivity index (χ3n) is 5.08. The second-order valence-electron chi connectivity index (χ2n) is 7.03. The van der Waals surface area contributed by atoms with Crippen molar-refractivity contribution in [3.8, 4) is 0 Å². The Morgan fingerprint density at radius 3 is 2.40 bits per heavy atom. The van der Waals surface area contributed by atoms with Crippen LogP contribution in [-0.4, -0.2) is 37.1 Å². The van der Waals surface area contributed by atoms with Gasteiger partial charge in [0.2, 0.25) is 0 Å². The average Bonchev–Trinajstić information content (AvgIpc) is 2.43. The van der Waals surface area contributed by atoms with Gasteiger partial charge in [-0.25, -0.2) is 0 Å². The highest BCUT2D eigenvalue weighted by molar-refractivity contribution is 4.89. The van der Waals surface area contributed by atoms with Gasteiger partial charge in [0.1, 0.15) is 0 Å². The summed E-state index contributed by atoms with van der Waals surface area (Å²) in [6.07, 6.45) is 6.70. The SMILES string of the molecule is CCCCN(CC)CC1C(C)CC(C)CC1NCCC. The maximum absolute atomic E-state index is 3.84. The predicted octanol–water partition coefficient (Wildman–Crippen LogP) is 4.16. The average molecular weight is 283 g/mol. The molecule has 1 aliphatic rings. The standard InChI is InChI=1S/C18H38N2/c1-6-9-11-20(8-3)14-17-16(5)12-15(4)13-18(17)19-10-7-2/h15-19H,6-14H2,1-5H3. The van der Waals surface area contributed by atoms with Crippen molar-refractivity contribution in [2.75, 3.05) is 26.2 Å². The fourth-order valence-electron chi connectivity index (χ4n) is 3.84. The van der Waals surface area contributed by atoms with Crippen LogP contribution in [0.15, 0.2) is 0 Å². The lowest BCUT2D eigenvalue weighted by molar-refractivity contribution is 0.102. The van der Waals surface area contributed by atoms with Gasteiger partial charge >= 0.3 is 0 Å². The van der Waals surface area contributed by atoms with Gasteiger partial charge in [-0.1, -0.05) is 41.0 Å². The Kier molecular flexibility index (Phi) is 8.79. The van der Waals surface area contributed by atoms with Crippen LogP contribution in [0, 0.1) is 17.8 Å². The monoisotopic (exact) mass is 282 g/mol. The number of hydrogen-bond acceptors (Lipinski definition) is 2. The van der Waals surface area contributed by atoms with Crippen molar-refractivity contribution in [1.29, 1.82) is 0 Å². The second kappa shape index (κ2) is 9.78. The fourth-order valence-corrected chi connectivity index (χ4v) is 3.84. The molecule has 2 nitrogen and oxygen atoms in total. The molecule has 1 fully saturated rings. The van der Waals surface area contributed by atoms with E-state index in [1.54, 1.807) is 0 Å². The van der Waals surface area contributed by atoms with E-state index in [4.69, 9.17) is 0 Å². The Morgan fingerprint density at radius 2 is 1.80 bits per heavy atom. The molecule has 0 saturated heterocycles. The molecule has 0 aliphatic heterocycles. The van der Waals surface area contributed by atoms with Crippen molar-refractivity contribution in [2.24, 2.45) is 17.8 Å². The highest BCUT2D eigenvalue weighted by Gasteiger charge is 2.34. The molecule has 1 rings (SSSR count). The quantitative estimate of drug-likeness (QED) is 0.683. The minimum atomic E-state index is 0.740. The van der Waals surface area contributed by atoms with Gasteiger partial charge in [0.15, 0.2) is 0 Å². The summed E-state index contributed by atoms with van der Waals surface area (Å²) in [5.74, 6) is 2.60. The minimum Gasteiger partial charge on any atom is -0.314 e. The highest BCUT2D eigenvalue weighted by atomic mass is 15.1. The molecule has 0 heterocycles. The summed E-state index contributed by atoms with van der Waals surface area (Å²) in [5.41, 5.74) is 0. The van der Waals surface area contributed by atoms with Crippen LogP contribution in [0.25, 0.3) is 0 Å². The van der Waals surface area contributed by atoms with Crippen LogP contribution in [0.5, 0.6) is 0 Å². The number of hydrogen-bond donors (Lipinski definition) is 1. The summed E-state index contributed by atoms with van der Waals surface area (Å²) >= 11 is 0. The Balaban J connectivity index is 2.59. The molecule has 0 aromatic heterocycles. The molecular weight excluding hydrogens is 244 g/mol. The molecule has 4 atom stereocenters. The fraction of sp³-hybridized carbons (Fsp3) is 1.00. The molecule has 0 bridgehead atoms. The van der Waals surface area contributed by atoms with Gasteiger partial charge in [-0.2, -0.15) is 0 Å². The van der Waals surface area contributed by atoms with Crippen molar-refractivity contribution in [3.63, 3.8) is 0 Å².